The fourth-order valence-electron chi connectivity index (χ4n) is 3.10. The number of nitrogens with zero attached hydrogens (tertiary/aromatic N) is 4. The molecule has 2 aromatic heterocycles. The number of piperazine rings is 1. The van der Waals surface area contributed by atoms with Gasteiger partial charge in [0.1, 0.15) is 11.5 Å². The summed E-state index contributed by atoms with van der Waals surface area (Å²) in [5.41, 5.74) is 0.870. The summed E-state index contributed by atoms with van der Waals surface area (Å²) >= 11 is 0. The van der Waals surface area contributed by atoms with Gasteiger partial charge in [-0.3, -0.25) is 9.69 Å². The van der Waals surface area contributed by atoms with Crippen molar-refractivity contribution in [3.05, 3.63) is 46.3 Å². The second-order valence-corrected chi connectivity index (χ2v) is 6.64. The summed E-state index contributed by atoms with van der Waals surface area (Å²) in [5.74, 6) is 2.50. The van der Waals surface area contributed by atoms with E-state index >= 15 is 0 Å². The molecule has 3 heterocycles. The van der Waals surface area contributed by atoms with Gasteiger partial charge in [-0.05, 0) is 32.0 Å². The van der Waals surface area contributed by atoms with E-state index in [4.69, 9.17) is 4.42 Å². The van der Waals surface area contributed by atoms with E-state index in [1.165, 1.54) is 4.68 Å². The lowest BCUT2D eigenvalue weighted by molar-refractivity contribution is 0.246. The predicted octanol–water partition coefficient (Wildman–Crippen LogP) is 2.00. The van der Waals surface area contributed by atoms with Gasteiger partial charge in [0.05, 0.1) is 11.9 Å². The molecule has 0 N–H and O–H groups in total. The third kappa shape index (κ3) is 3.87. The molecule has 0 aromatic carbocycles. The topological polar surface area (TPSA) is 54.5 Å². The van der Waals surface area contributed by atoms with Gasteiger partial charge in [-0.25, -0.2) is 4.68 Å². The van der Waals surface area contributed by atoms with Crippen molar-refractivity contribution in [2.24, 2.45) is 7.05 Å². The minimum absolute atomic E-state index is 0.0579. The maximum Gasteiger partial charge on any atom is 0.268 e. The van der Waals surface area contributed by atoms with Crippen LogP contribution in [0.2, 0.25) is 0 Å². The molecule has 0 amide bonds. The minimum Gasteiger partial charge on any atom is -0.466 e. The SMILES string of the molecule is Cc1ccc([C@@H](C)CCN2CCN(c3cnn(C)c(=O)c3)CC2)o1. The average Bonchev–Trinajstić information content (AvgIpc) is 3.02. The van der Waals surface area contributed by atoms with Gasteiger partial charge >= 0.3 is 0 Å². The molecule has 24 heavy (non-hydrogen) atoms. The first-order chi connectivity index (χ1) is 11.5. The van der Waals surface area contributed by atoms with Gasteiger partial charge in [0.2, 0.25) is 0 Å². The number of hydrogen-bond donors (Lipinski definition) is 0. The van der Waals surface area contributed by atoms with Gasteiger partial charge in [-0.2, -0.15) is 5.10 Å². The van der Waals surface area contributed by atoms with Gasteiger partial charge in [0.15, 0.2) is 0 Å². The molecule has 1 aliphatic heterocycles. The highest BCUT2D eigenvalue weighted by Gasteiger charge is 2.19. The van der Waals surface area contributed by atoms with Crippen molar-refractivity contribution in [2.75, 3.05) is 37.6 Å². The molecule has 1 atom stereocenters. The average molecular weight is 330 g/mol. The van der Waals surface area contributed by atoms with Crippen LogP contribution in [0.25, 0.3) is 0 Å². The number of anilines is 1. The van der Waals surface area contributed by atoms with E-state index in [-0.39, 0.29) is 5.56 Å². The first kappa shape index (κ1) is 16.8. The number of furan rings is 1. The molecular weight excluding hydrogens is 304 g/mol. The lowest BCUT2D eigenvalue weighted by atomic mass is 10.0. The lowest BCUT2D eigenvalue weighted by Gasteiger charge is -2.36. The highest BCUT2D eigenvalue weighted by atomic mass is 16.3. The second kappa shape index (κ2) is 7.21. The molecule has 1 saturated heterocycles. The summed E-state index contributed by atoms with van der Waals surface area (Å²) in [7, 11) is 1.67. The summed E-state index contributed by atoms with van der Waals surface area (Å²) < 4.78 is 7.07. The smallest absolute Gasteiger partial charge is 0.268 e. The molecule has 0 aliphatic carbocycles. The van der Waals surface area contributed by atoms with Crippen LogP contribution < -0.4 is 10.5 Å². The molecule has 1 aliphatic rings. The van der Waals surface area contributed by atoms with E-state index in [0.29, 0.717) is 5.92 Å². The van der Waals surface area contributed by atoms with Gasteiger partial charge in [0.25, 0.3) is 5.56 Å². The van der Waals surface area contributed by atoms with Crippen LogP contribution in [0.3, 0.4) is 0 Å². The highest BCUT2D eigenvalue weighted by molar-refractivity contribution is 5.43. The van der Waals surface area contributed by atoms with Crippen LogP contribution in [-0.4, -0.2) is 47.4 Å². The zero-order chi connectivity index (χ0) is 17.1. The maximum absolute atomic E-state index is 11.7. The summed E-state index contributed by atoms with van der Waals surface area (Å²) in [4.78, 5) is 16.4. The Morgan fingerprint density at radius 3 is 2.62 bits per heavy atom. The fraction of sp³-hybridized carbons (Fsp3) is 0.556. The number of hydrogen-bond acceptors (Lipinski definition) is 5. The quantitative estimate of drug-likeness (QED) is 0.839. The fourth-order valence-corrected chi connectivity index (χ4v) is 3.10. The van der Waals surface area contributed by atoms with Gasteiger partial charge in [-0.1, -0.05) is 6.92 Å². The molecular formula is C18H26N4O2. The largest absolute Gasteiger partial charge is 0.466 e. The van der Waals surface area contributed by atoms with Gasteiger partial charge in [-0.15, -0.1) is 0 Å². The van der Waals surface area contributed by atoms with Crippen molar-refractivity contribution in [3.8, 4) is 0 Å². The summed E-state index contributed by atoms with van der Waals surface area (Å²) in [6.45, 7) is 9.18. The summed E-state index contributed by atoms with van der Waals surface area (Å²) in [6.07, 6.45) is 2.87. The summed E-state index contributed by atoms with van der Waals surface area (Å²) in [6, 6.07) is 5.79. The van der Waals surface area contributed by atoms with Crippen molar-refractivity contribution < 1.29 is 4.42 Å². The third-order valence-electron chi connectivity index (χ3n) is 4.82. The highest BCUT2D eigenvalue weighted by Crippen LogP contribution is 2.22. The maximum atomic E-state index is 11.7. The Labute approximate surface area is 142 Å². The Morgan fingerprint density at radius 1 is 1.25 bits per heavy atom. The number of rotatable bonds is 5. The molecule has 0 saturated carbocycles. The van der Waals surface area contributed by atoms with E-state index in [0.717, 1.165) is 56.4 Å². The normalized spacial score (nSPS) is 17.2. The Morgan fingerprint density at radius 2 is 2.00 bits per heavy atom. The van der Waals surface area contributed by atoms with Gasteiger partial charge in [0, 0.05) is 45.2 Å². The van der Waals surface area contributed by atoms with Crippen LogP contribution in [0.15, 0.2) is 33.6 Å². The molecule has 130 valence electrons. The van der Waals surface area contributed by atoms with E-state index in [1.807, 2.05) is 13.0 Å². The van der Waals surface area contributed by atoms with Crippen molar-refractivity contribution in [1.29, 1.82) is 0 Å². The van der Waals surface area contributed by atoms with Crippen LogP contribution in [0, 0.1) is 6.92 Å². The zero-order valence-corrected chi connectivity index (χ0v) is 14.7. The molecule has 6 nitrogen and oxygen atoms in total. The molecule has 0 radical (unpaired) electrons. The van der Waals surface area contributed by atoms with E-state index in [9.17, 15) is 4.79 Å². The second-order valence-electron chi connectivity index (χ2n) is 6.64. The van der Waals surface area contributed by atoms with Crippen molar-refractivity contribution in [2.45, 2.75) is 26.2 Å². The third-order valence-corrected chi connectivity index (χ3v) is 4.82. The molecule has 0 unspecified atom stereocenters. The molecule has 3 rings (SSSR count). The molecule has 0 bridgehead atoms. The monoisotopic (exact) mass is 330 g/mol. The number of aromatic nitrogens is 2. The van der Waals surface area contributed by atoms with Crippen LogP contribution in [0.5, 0.6) is 0 Å². The Kier molecular flexibility index (Phi) is 5.04. The van der Waals surface area contributed by atoms with Crippen LogP contribution in [0.4, 0.5) is 5.69 Å². The molecule has 1 fully saturated rings. The van der Waals surface area contributed by atoms with E-state index in [1.54, 1.807) is 19.3 Å². The van der Waals surface area contributed by atoms with Crippen LogP contribution in [0.1, 0.15) is 30.8 Å². The van der Waals surface area contributed by atoms with Gasteiger partial charge < -0.3 is 9.32 Å². The van der Waals surface area contributed by atoms with Crippen molar-refractivity contribution >= 4 is 5.69 Å². The van der Waals surface area contributed by atoms with E-state index in [2.05, 4.69) is 27.9 Å². The molecule has 2 aromatic rings. The predicted molar refractivity (Wildman–Crippen MR) is 94.6 cm³/mol. The Balaban J connectivity index is 1.48. The zero-order valence-electron chi connectivity index (χ0n) is 14.7. The Hall–Kier alpha value is -2.08. The first-order valence-electron chi connectivity index (χ1n) is 8.60. The Bertz CT molecular complexity index is 729. The minimum atomic E-state index is -0.0579. The number of aryl methyl sites for hydroxylation is 2. The lowest BCUT2D eigenvalue weighted by Crippen LogP contribution is -2.47. The summed E-state index contributed by atoms with van der Waals surface area (Å²) in [5, 5.41) is 4.11. The van der Waals surface area contributed by atoms with Crippen LogP contribution >= 0.6 is 0 Å². The first-order valence-corrected chi connectivity index (χ1v) is 8.60. The standard InChI is InChI=1S/C18H26N4O2/c1-14(17-5-4-15(2)24-17)6-7-21-8-10-22(11-9-21)16-12-18(23)20(3)19-13-16/h4-5,12-14H,6-11H2,1-3H3/t14-/m0/s1. The molecule has 6 heteroatoms. The van der Waals surface area contributed by atoms with Crippen molar-refractivity contribution in [3.63, 3.8) is 0 Å². The van der Waals surface area contributed by atoms with Crippen molar-refractivity contribution in [1.82, 2.24) is 14.7 Å². The molecule has 0 spiro atoms. The van der Waals surface area contributed by atoms with Crippen LogP contribution in [-0.2, 0) is 7.05 Å². The van der Waals surface area contributed by atoms with E-state index < -0.39 is 0 Å².